The van der Waals surface area contributed by atoms with E-state index in [0.717, 1.165) is 31.2 Å². The van der Waals surface area contributed by atoms with E-state index in [9.17, 15) is 13.2 Å². The molecule has 0 radical (unpaired) electrons. The van der Waals surface area contributed by atoms with E-state index in [4.69, 9.17) is 10.1 Å². The van der Waals surface area contributed by atoms with Crippen LogP contribution in [0.25, 0.3) is 0 Å². The molecule has 2 N–H and O–H groups in total. The fourth-order valence-electron chi connectivity index (χ4n) is 4.43. The monoisotopic (exact) mass is 470 g/mol. The lowest BCUT2D eigenvalue weighted by molar-refractivity contribution is 0.200. The van der Waals surface area contributed by atoms with Crippen LogP contribution in [-0.2, 0) is 16.4 Å². The average Bonchev–Trinajstić information content (AvgIpc) is 3.23. The molecule has 1 heterocycles. The van der Waals surface area contributed by atoms with Gasteiger partial charge in [-0.2, -0.15) is 0 Å². The number of nitrogens with zero attached hydrogens (tertiary/aromatic N) is 2. The van der Waals surface area contributed by atoms with Gasteiger partial charge in [0.15, 0.2) is 0 Å². The van der Waals surface area contributed by atoms with Crippen molar-refractivity contribution in [3.8, 4) is 5.75 Å². The first kappa shape index (κ1) is 23.1. The second-order valence-corrected chi connectivity index (χ2v) is 10.3. The fraction of sp³-hybridized carbons (Fsp3) is 0.417. The van der Waals surface area contributed by atoms with Crippen LogP contribution < -0.4 is 10.1 Å². The number of ether oxygens (including phenoxy) is 1. The van der Waals surface area contributed by atoms with Gasteiger partial charge in [0.1, 0.15) is 5.75 Å². The predicted molar refractivity (Wildman–Crippen MR) is 126 cm³/mol. The molecule has 0 aromatic heterocycles. The van der Waals surface area contributed by atoms with Crippen molar-refractivity contribution in [2.75, 3.05) is 19.6 Å². The van der Waals surface area contributed by atoms with Crippen LogP contribution in [-0.4, -0.2) is 55.4 Å². The summed E-state index contributed by atoms with van der Waals surface area (Å²) in [5.74, 6) is 0.561. The highest BCUT2D eigenvalue weighted by atomic mass is 32.2. The molecule has 33 heavy (non-hydrogen) atoms. The highest BCUT2D eigenvalue weighted by Crippen LogP contribution is 2.28. The SMILES string of the molecule is N=C1N(C2CCCCC2)CCN1S(=O)(=O)c1ccc(CCNC(=O)Oc2ccccc2)cc1. The summed E-state index contributed by atoms with van der Waals surface area (Å²) in [6.45, 7) is 1.25. The van der Waals surface area contributed by atoms with Crippen molar-refractivity contribution in [1.29, 1.82) is 5.41 Å². The zero-order chi connectivity index (χ0) is 23.3. The van der Waals surface area contributed by atoms with Gasteiger partial charge in [0.25, 0.3) is 10.0 Å². The van der Waals surface area contributed by atoms with Crippen molar-refractivity contribution >= 4 is 22.1 Å². The summed E-state index contributed by atoms with van der Waals surface area (Å²) >= 11 is 0. The Bertz CT molecular complexity index is 1070. The molecule has 9 heteroatoms. The first-order valence-corrected chi connectivity index (χ1v) is 12.9. The van der Waals surface area contributed by atoms with E-state index >= 15 is 0 Å². The van der Waals surface area contributed by atoms with E-state index in [1.54, 1.807) is 48.5 Å². The predicted octanol–water partition coefficient (Wildman–Crippen LogP) is 3.59. The Morgan fingerprint density at radius 3 is 2.39 bits per heavy atom. The smallest absolute Gasteiger partial charge is 0.410 e. The average molecular weight is 471 g/mol. The Balaban J connectivity index is 1.30. The molecule has 2 aromatic carbocycles. The Morgan fingerprint density at radius 1 is 1.00 bits per heavy atom. The molecule has 4 rings (SSSR count). The number of amides is 1. The molecule has 1 saturated heterocycles. The topological polar surface area (TPSA) is 103 Å². The number of benzene rings is 2. The molecular formula is C24H30N4O4S. The lowest BCUT2D eigenvalue weighted by atomic mass is 9.94. The number of carbonyl (C=O) groups is 1. The van der Waals surface area contributed by atoms with Gasteiger partial charge in [0, 0.05) is 19.1 Å². The largest absolute Gasteiger partial charge is 0.412 e. The lowest BCUT2D eigenvalue weighted by Crippen LogP contribution is -2.42. The number of guanidine groups is 1. The van der Waals surface area contributed by atoms with Crippen LogP contribution in [0.4, 0.5) is 4.79 Å². The Hall–Kier alpha value is -3.07. The first-order valence-electron chi connectivity index (χ1n) is 11.4. The van der Waals surface area contributed by atoms with E-state index in [1.807, 2.05) is 11.0 Å². The van der Waals surface area contributed by atoms with Gasteiger partial charge >= 0.3 is 6.09 Å². The second-order valence-electron chi connectivity index (χ2n) is 8.41. The molecule has 0 spiro atoms. The quantitative estimate of drug-likeness (QED) is 0.644. The first-order chi connectivity index (χ1) is 15.9. The van der Waals surface area contributed by atoms with Crippen LogP contribution in [0.3, 0.4) is 0 Å². The van der Waals surface area contributed by atoms with Crippen molar-refractivity contribution < 1.29 is 17.9 Å². The minimum Gasteiger partial charge on any atom is -0.410 e. The molecular weight excluding hydrogens is 440 g/mol. The molecule has 1 aliphatic heterocycles. The van der Waals surface area contributed by atoms with Crippen LogP contribution in [0.2, 0.25) is 0 Å². The third kappa shape index (κ3) is 5.47. The molecule has 1 aliphatic carbocycles. The summed E-state index contributed by atoms with van der Waals surface area (Å²) in [5.41, 5.74) is 0.897. The van der Waals surface area contributed by atoms with Gasteiger partial charge in [-0.1, -0.05) is 49.6 Å². The summed E-state index contributed by atoms with van der Waals surface area (Å²) in [4.78, 5) is 14.0. The molecule has 176 valence electrons. The summed E-state index contributed by atoms with van der Waals surface area (Å²) in [5, 5.41) is 11.2. The van der Waals surface area contributed by atoms with E-state index in [0.29, 0.717) is 31.8 Å². The number of para-hydroxylation sites is 1. The number of sulfonamides is 1. The van der Waals surface area contributed by atoms with Gasteiger partial charge in [-0.15, -0.1) is 0 Å². The van der Waals surface area contributed by atoms with E-state index in [-0.39, 0.29) is 16.9 Å². The van der Waals surface area contributed by atoms with Crippen LogP contribution in [0.1, 0.15) is 37.7 Å². The molecule has 2 fully saturated rings. The standard InChI is InChI=1S/C24H30N4O4S/c25-23-27(20-7-3-1-4-8-20)17-18-28(23)33(30,31)22-13-11-19(12-14-22)15-16-26-24(29)32-21-9-5-2-6-10-21/h2,5-6,9-14,20,25H,1,3-4,7-8,15-18H2,(H,26,29). The van der Waals surface area contributed by atoms with Crippen LogP contribution >= 0.6 is 0 Å². The molecule has 0 unspecified atom stereocenters. The maximum Gasteiger partial charge on any atom is 0.412 e. The minimum absolute atomic E-state index is 0.0899. The Morgan fingerprint density at radius 2 is 1.70 bits per heavy atom. The van der Waals surface area contributed by atoms with Crippen molar-refractivity contribution in [1.82, 2.24) is 14.5 Å². The molecule has 1 saturated carbocycles. The molecule has 2 aliphatic rings. The van der Waals surface area contributed by atoms with Gasteiger partial charge in [0.2, 0.25) is 5.96 Å². The lowest BCUT2D eigenvalue weighted by Gasteiger charge is -2.32. The van der Waals surface area contributed by atoms with Gasteiger partial charge in [-0.3, -0.25) is 5.41 Å². The Labute approximate surface area is 195 Å². The minimum atomic E-state index is -3.77. The normalized spacial score (nSPS) is 17.3. The van der Waals surface area contributed by atoms with Gasteiger partial charge in [-0.05, 0) is 49.1 Å². The fourth-order valence-corrected chi connectivity index (χ4v) is 5.82. The van der Waals surface area contributed by atoms with E-state index < -0.39 is 16.1 Å². The highest BCUT2D eigenvalue weighted by Gasteiger charge is 2.38. The number of nitrogens with one attached hydrogen (secondary N) is 2. The van der Waals surface area contributed by atoms with E-state index in [1.165, 1.54) is 10.7 Å². The van der Waals surface area contributed by atoms with Crippen molar-refractivity contribution in [3.63, 3.8) is 0 Å². The number of rotatable bonds is 7. The second kappa shape index (κ2) is 10.2. The van der Waals surface area contributed by atoms with Gasteiger partial charge < -0.3 is 15.0 Å². The highest BCUT2D eigenvalue weighted by molar-refractivity contribution is 7.89. The summed E-state index contributed by atoms with van der Waals surface area (Å²) < 4.78 is 32.7. The number of hydrogen-bond acceptors (Lipinski definition) is 5. The molecule has 0 bridgehead atoms. The summed E-state index contributed by atoms with van der Waals surface area (Å²) in [6, 6.07) is 15.7. The number of hydrogen-bond donors (Lipinski definition) is 2. The van der Waals surface area contributed by atoms with Crippen LogP contribution in [0.15, 0.2) is 59.5 Å². The van der Waals surface area contributed by atoms with Crippen molar-refractivity contribution in [2.45, 2.75) is 49.5 Å². The maximum absolute atomic E-state index is 13.1. The maximum atomic E-state index is 13.1. The van der Waals surface area contributed by atoms with Gasteiger partial charge in [0.05, 0.1) is 11.4 Å². The molecule has 8 nitrogen and oxygen atoms in total. The number of carbonyl (C=O) groups excluding carboxylic acids is 1. The van der Waals surface area contributed by atoms with Gasteiger partial charge in [-0.25, -0.2) is 17.5 Å². The van der Waals surface area contributed by atoms with Crippen LogP contribution in [0.5, 0.6) is 5.75 Å². The third-order valence-electron chi connectivity index (χ3n) is 6.22. The van der Waals surface area contributed by atoms with Crippen molar-refractivity contribution in [3.05, 3.63) is 60.2 Å². The summed E-state index contributed by atoms with van der Waals surface area (Å²) in [6.07, 6.45) is 5.56. The molecule has 1 amide bonds. The zero-order valence-corrected chi connectivity index (χ0v) is 19.4. The Kier molecular flexibility index (Phi) is 7.17. The molecule has 2 aromatic rings. The summed E-state index contributed by atoms with van der Waals surface area (Å²) in [7, 11) is -3.77. The van der Waals surface area contributed by atoms with Crippen LogP contribution in [0, 0.1) is 5.41 Å². The zero-order valence-electron chi connectivity index (χ0n) is 18.6. The van der Waals surface area contributed by atoms with Crippen molar-refractivity contribution in [2.24, 2.45) is 0 Å². The third-order valence-corrected chi connectivity index (χ3v) is 8.02. The molecule has 0 atom stereocenters. The van der Waals surface area contributed by atoms with E-state index in [2.05, 4.69) is 5.32 Å².